The van der Waals surface area contributed by atoms with Gasteiger partial charge in [-0.25, -0.2) is 4.79 Å². The van der Waals surface area contributed by atoms with Crippen LogP contribution in [-0.2, 0) is 19.2 Å². The van der Waals surface area contributed by atoms with E-state index in [-0.39, 0.29) is 12.5 Å². The van der Waals surface area contributed by atoms with Crippen molar-refractivity contribution in [1.82, 2.24) is 10.3 Å². The van der Waals surface area contributed by atoms with E-state index < -0.39 is 16.9 Å². The minimum absolute atomic E-state index is 0.173. The number of fused-ring (bicyclic) bond motifs is 1. The number of ether oxygens (including phenoxy) is 2. The van der Waals surface area contributed by atoms with E-state index in [1.54, 1.807) is 0 Å². The number of benzene rings is 1. The van der Waals surface area contributed by atoms with Gasteiger partial charge in [0.15, 0.2) is 0 Å². The van der Waals surface area contributed by atoms with Crippen LogP contribution in [-0.4, -0.2) is 54.0 Å². The maximum Gasteiger partial charge on any atom is 0.360 e. The Morgan fingerprint density at radius 1 is 1.35 bits per heavy atom. The lowest BCUT2D eigenvalue weighted by atomic mass is 10.0. The number of carbonyl (C=O) groups excluding carboxylic acids is 2. The second kappa shape index (κ2) is 11.6. The molecular weight excluding hydrogens is 533 g/mol. The molecule has 10 heteroatoms. The van der Waals surface area contributed by atoms with E-state index in [1.807, 2.05) is 51.4 Å². The lowest BCUT2D eigenvalue weighted by Gasteiger charge is -2.27. The highest BCUT2D eigenvalue weighted by Gasteiger charge is 2.26. The molecule has 0 aliphatic carbocycles. The van der Waals surface area contributed by atoms with Gasteiger partial charge in [-0.05, 0) is 73.4 Å². The highest BCUT2D eigenvalue weighted by molar-refractivity contribution is 14.1. The SMILES string of the molecule is COCC(=O)O/N=C/CC(C)(C)NC(=O)C(Oc1cc(C)c2ncc(I)cc2c1)SC. The van der Waals surface area contributed by atoms with Gasteiger partial charge >= 0.3 is 5.97 Å². The average molecular weight is 559 g/mol. The van der Waals surface area contributed by atoms with Crippen LogP contribution in [0.1, 0.15) is 25.8 Å². The number of aryl methyl sites for hydroxylation is 1. The summed E-state index contributed by atoms with van der Waals surface area (Å²) in [6, 6.07) is 5.80. The summed E-state index contributed by atoms with van der Waals surface area (Å²) in [5.74, 6) is -0.250. The first-order valence-electron chi connectivity index (χ1n) is 9.43. The van der Waals surface area contributed by atoms with E-state index in [0.717, 1.165) is 20.0 Å². The molecule has 0 spiro atoms. The highest BCUT2D eigenvalue weighted by atomic mass is 127. The summed E-state index contributed by atoms with van der Waals surface area (Å²) < 4.78 is 11.7. The molecule has 8 nitrogen and oxygen atoms in total. The van der Waals surface area contributed by atoms with Gasteiger partial charge in [0, 0.05) is 40.4 Å². The Morgan fingerprint density at radius 2 is 2.10 bits per heavy atom. The molecule has 0 fully saturated rings. The molecule has 31 heavy (non-hydrogen) atoms. The van der Waals surface area contributed by atoms with E-state index in [4.69, 9.17) is 4.74 Å². The van der Waals surface area contributed by atoms with E-state index in [2.05, 4.69) is 47.6 Å². The first-order chi connectivity index (χ1) is 14.6. The summed E-state index contributed by atoms with van der Waals surface area (Å²) in [5.41, 5.74) is 0.530. The van der Waals surface area contributed by atoms with Gasteiger partial charge in [0.2, 0.25) is 5.44 Å². The smallest absolute Gasteiger partial charge is 0.360 e. The molecule has 0 bridgehead atoms. The summed E-state index contributed by atoms with van der Waals surface area (Å²) >= 11 is 3.51. The van der Waals surface area contributed by atoms with Crippen molar-refractivity contribution in [3.8, 4) is 5.75 Å². The maximum atomic E-state index is 12.8. The zero-order chi connectivity index (χ0) is 23.0. The third-order valence-corrected chi connectivity index (χ3v) is 5.47. The van der Waals surface area contributed by atoms with Crippen molar-refractivity contribution in [3.63, 3.8) is 0 Å². The Bertz CT molecular complexity index is 967. The molecule has 168 valence electrons. The molecule has 1 N–H and O–H groups in total. The molecule has 1 unspecified atom stereocenters. The molecule has 1 aromatic heterocycles. The number of carbonyl (C=O) groups is 2. The monoisotopic (exact) mass is 559 g/mol. The number of nitrogens with zero attached hydrogens (tertiary/aromatic N) is 2. The van der Waals surface area contributed by atoms with Crippen LogP contribution < -0.4 is 10.1 Å². The van der Waals surface area contributed by atoms with Crippen molar-refractivity contribution in [2.75, 3.05) is 20.0 Å². The van der Waals surface area contributed by atoms with Crippen LogP contribution in [0, 0.1) is 10.5 Å². The van der Waals surface area contributed by atoms with Crippen molar-refractivity contribution in [2.45, 2.75) is 38.2 Å². The zero-order valence-electron chi connectivity index (χ0n) is 18.1. The van der Waals surface area contributed by atoms with E-state index in [1.165, 1.54) is 25.1 Å². The van der Waals surface area contributed by atoms with Gasteiger partial charge in [-0.15, -0.1) is 11.8 Å². The lowest BCUT2D eigenvalue weighted by Crippen LogP contribution is -2.48. The van der Waals surface area contributed by atoms with Crippen LogP contribution in [0.2, 0.25) is 0 Å². The van der Waals surface area contributed by atoms with Gasteiger partial charge in [0.25, 0.3) is 5.91 Å². The standard InChI is InChI=1S/C21H26IN3O5S/c1-13-8-16(10-14-9-15(22)11-23-18(13)14)29-20(31-5)19(27)25-21(2,3)6-7-24-30-17(26)12-28-4/h7-11,20H,6,12H2,1-5H3,(H,25,27)/b24-7+. The molecule has 1 atom stereocenters. The van der Waals surface area contributed by atoms with Gasteiger partial charge in [-0.3, -0.25) is 9.78 Å². The van der Waals surface area contributed by atoms with Gasteiger partial charge in [0.1, 0.15) is 12.4 Å². The molecule has 2 aromatic rings. The number of halogens is 1. The number of amides is 1. The van der Waals surface area contributed by atoms with Crippen molar-refractivity contribution < 1.29 is 23.9 Å². The molecule has 0 aliphatic heterocycles. The Labute approximate surface area is 199 Å². The fraction of sp³-hybridized carbons (Fsp3) is 0.429. The van der Waals surface area contributed by atoms with Crippen LogP contribution in [0.5, 0.6) is 5.75 Å². The van der Waals surface area contributed by atoms with Crippen LogP contribution in [0.4, 0.5) is 0 Å². The van der Waals surface area contributed by atoms with Crippen LogP contribution in [0.3, 0.4) is 0 Å². The van der Waals surface area contributed by atoms with Crippen LogP contribution >= 0.6 is 34.4 Å². The van der Waals surface area contributed by atoms with Gasteiger partial charge in [-0.2, -0.15) is 0 Å². The highest BCUT2D eigenvalue weighted by Crippen LogP contribution is 2.27. The second-order valence-corrected chi connectivity index (χ2v) is 9.56. The lowest BCUT2D eigenvalue weighted by molar-refractivity contribution is -0.147. The molecule has 0 aliphatic rings. The predicted molar refractivity (Wildman–Crippen MR) is 130 cm³/mol. The fourth-order valence-corrected chi connectivity index (χ4v) is 3.68. The quantitative estimate of drug-likeness (QED) is 0.156. The molecular formula is C21H26IN3O5S. The molecule has 1 amide bonds. The van der Waals surface area contributed by atoms with Crippen molar-refractivity contribution in [1.29, 1.82) is 0 Å². The second-order valence-electron chi connectivity index (χ2n) is 7.41. The maximum absolute atomic E-state index is 12.8. The van der Waals surface area contributed by atoms with E-state index >= 15 is 0 Å². The Morgan fingerprint density at radius 3 is 2.77 bits per heavy atom. The summed E-state index contributed by atoms with van der Waals surface area (Å²) in [4.78, 5) is 33.1. The van der Waals surface area contributed by atoms with Crippen LogP contribution in [0.15, 0.2) is 29.6 Å². The number of oxime groups is 1. The largest absolute Gasteiger partial charge is 0.470 e. The zero-order valence-corrected chi connectivity index (χ0v) is 21.1. The summed E-state index contributed by atoms with van der Waals surface area (Å²) in [7, 11) is 1.39. The number of methoxy groups -OCH3 is 1. The number of hydrogen-bond donors (Lipinski definition) is 1. The van der Waals surface area contributed by atoms with Crippen molar-refractivity contribution >= 4 is 63.3 Å². The average Bonchev–Trinajstić information content (AvgIpc) is 2.69. The van der Waals surface area contributed by atoms with Gasteiger partial charge < -0.3 is 19.6 Å². The Balaban J connectivity index is 2.02. The molecule has 0 saturated heterocycles. The number of nitrogens with one attached hydrogen (secondary N) is 1. The minimum Gasteiger partial charge on any atom is -0.470 e. The van der Waals surface area contributed by atoms with Gasteiger partial charge in [0.05, 0.1) is 5.52 Å². The number of hydrogen-bond acceptors (Lipinski definition) is 8. The first-order valence-corrected chi connectivity index (χ1v) is 11.8. The fourth-order valence-electron chi connectivity index (χ4n) is 2.72. The van der Waals surface area contributed by atoms with Crippen LogP contribution in [0.25, 0.3) is 10.9 Å². The van der Waals surface area contributed by atoms with Crippen molar-refractivity contribution in [2.24, 2.45) is 5.16 Å². The van der Waals surface area contributed by atoms with Gasteiger partial charge in [-0.1, -0.05) is 5.16 Å². The number of aromatic nitrogens is 1. The number of rotatable bonds is 10. The molecule has 2 rings (SSSR count). The minimum atomic E-state index is -0.733. The third-order valence-electron chi connectivity index (χ3n) is 4.14. The Kier molecular flexibility index (Phi) is 9.51. The van der Waals surface area contributed by atoms with E-state index in [0.29, 0.717) is 12.2 Å². The molecule has 0 saturated carbocycles. The molecule has 1 heterocycles. The molecule has 0 radical (unpaired) electrons. The normalized spacial score (nSPS) is 12.7. The summed E-state index contributed by atoms with van der Waals surface area (Å²) in [6.07, 6.45) is 5.42. The summed E-state index contributed by atoms with van der Waals surface area (Å²) in [5, 5.41) is 7.52. The molecule has 1 aromatic carbocycles. The van der Waals surface area contributed by atoms with E-state index in [9.17, 15) is 9.59 Å². The number of thioether (sulfide) groups is 1. The first kappa shape index (κ1) is 25.3. The number of pyridine rings is 1. The van der Waals surface area contributed by atoms with Crippen molar-refractivity contribution in [3.05, 3.63) is 33.5 Å². The third kappa shape index (κ3) is 7.93. The topological polar surface area (TPSA) is 99.1 Å². The Hall–Kier alpha value is -1.92. The predicted octanol–water partition coefficient (Wildman–Crippen LogP) is 3.68. The summed E-state index contributed by atoms with van der Waals surface area (Å²) in [6.45, 7) is 5.48.